The Bertz CT molecular complexity index is 390. The van der Waals surface area contributed by atoms with Gasteiger partial charge in [0.1, 0.15) is 5.75 Å². The zero-order chi connectivity index (χ0) is 13.5. The van der Waals surface area contributed by atoms with E-state index in [0.29, 0.717) is 19.0 Å². The summed E-state index contributed by atoms with van der Waals surface area (Å²) in [6, 6.07) is 1.86. The molecule has 1 rings (SSSR count). The van der Waals surface area contributed by atoms with Gasteiger partial charge >= 0.3 is 5.97 Å². The average molecular weight is 251 g/mol. The molecule has 1 aromatic heterocycles. The summed E-state index contributed by atoms with van der Waals surface area (Å²) < 4.78 is 10.5. The van der Waals surface area contributed by atoms with Crippen molar-refractivity contribution in [2.75, 3.05) is 13.2 Å². The van der Waals surface area contributed by atoms with Crippen LogP contribution in [0.25, 0.3) is 0 Å². The summed E-state index contributed by atoms with van der Waals surface area (Å²) >= 11 is 0. The van der Waals surface area contributed by atoms with Gasteiger partial charge in [-0.05, 0) is 31.4 Å². The van der Waals surface area contributed by atoms with Gasteiger partial charge in [-0.3, -0.25) is 9.78 Å². The zero-order valence-corrected chi connectivity index (χ0v) is 11.5. The minimum Gasteiger partial charge on any atom is -0.492 e. The highest BCUT2D eigenvalue weighted by Crippen LogP contribution is 2.27. The molecule has 0 aromatic carbocycles. The van der Waals surface area contributed by atoms with E-state index in [4.69, 9.17) is 9.47 Å². The minimum absolute atomic E-state index is 0.155. The first kappa shape index (κ1) is 14.5. The highest BCUT2D eigenvalue weighted by molar-refractivity contribution is 5.78. The molecule has 0 saturated heterocycles. The second-order valence-corrected chi connectivity index (χ2v) is 4.36. The number of ether oxygens (including phenoxy) is 2. The Kier molecular flexibility index (Phi) is 5.62. The van der Waals surface area contributed by atoms with Gasteiger partial charge in [0.25, 0.3) is 0 Å². The summed E-state index contributed by atoms with van der Waals surface area (Å²) in [5.74, 6) is 0.341. The molecule has 0 radical (unpaired) electrons. The van der Waals surface area contributed by atoms with E-state index in [-0.39, 0.29) is 17.8 Å². The molecule has 100 valence electrons. The molecule has 1 aromatic rings. The highest BCUT2D eigenvalue weighted by Gasteiger charge is 2.26. The summed E-state index contributed by atoms with van der Waals surface area (Å²) in [5.41, 5.74) is 0.842. The molecule has 0 aliphatic rings. The molecule has 0 bridgehead atoms. The molecular weight excluding hydrogens is 230 g/mol. The number of carbonyl (C=O) groups is 1. The third kappa shape index (κ3) is 3.72. The summed E-state index contributed by atoms with van der Waals surface area (Å²) in [6.45, 7) is 8.68. The fourth-order valence-corrected chi connectivity index (χ4v) is 1.88. The molecule has 0 fully saturated rings. The number of aromatic nitrogens is 1. The van der Waals surface area contributed by atoms with Crippen molar-refractivity contribution in [3.05, 3.63) is 24.0 Å². The van der Waals surface area contributed by atoms with Crippen molar-refractivity contribution < 1.29 is 14.3 Å². The van der Waals surface area contributed by atoms with Crippen LogP contribution in [-0.2, 0) is 9.53 Å². The van der Waals surface area contributed by atoms with E-state index in [1.54, 1.807) is 12.4 Å². The normalized spacial score (nSPS) is 12.3. The molecule has 0 amide bonds. The van der Waals surface area contributed by atoms with Gasteiger partial charge in [-0.1, -0.05) is 13.8 Å². The monoisotopic (exact) mass is 251 g/mol. The summed E-state index contributed by atoms with van der Waals surface area (Å²) in [7, 11) is 0. The quantitative estimate of drug-likeness (QED) is 0.729. The first-order valence-electron chi connectivity index (χ1n) is 6.34. The summed E-state index contributed by atoms with van der Waals surface area (Å²) in [6.07, 6.45) is 3.35. The predicted molar refractivity (Wildman–Crippen MR) is 69.6 cm³/mol. The minimum atomic E-state index is -0.294. The van der Waals surface area contributed by atoms with Crippen molar-refractivity contribution in [3.63, 3.8) is 0 Å². The van der Waals surface area contributed by atoms with E-state index >= 15 is 0 Å². The van der Waals surface area contributed by atoms with Crippen LogP contribution >= 0.6 is 0 Å². The molecule has 4 nitrogen and oxygen atoms in total. The molecule has 1 unspecified atom stereocenters. The van der Waals surface area contributed by atoms with Crippen molar-refractivity contribution in [2.24, 2.45) is 5.92 Å². The molecule has 0 aliphatic heterocycles. The number of pyridine rings is 1. The van der Waals surface area contributed by atoms with Crippen LogP contribution in [0.5, 0.6) is 5.75 Å². The van der Waals surface area contributed by atoms with E-state index in [9.17, 15) is 4.79 Å². The number of rotatable bonds is 6. The van der Waals surface area contributed by atoms with Gasteiger partial charge in [-0.2, -0.15) is 0 Å². The number of hydrogen-bond donors (Lipinski definition) is 0. The largest absolute Gasteiger partial charge is 0.492 e. The number of carbonyl (C=O) groups excluding carboxylic acids is 1. The van der Waals surface area contributed by atoms with Gasteiger partial charge < -0.3 is 9.47 Å². The molecular formula is C14H21NO3. The van der Waals surface area contributed by atoms with Gasteiger partial charge in [0.15, 0.2) is 0 Å². The summed E-state index contributed by atoms with van der Waals surface area (Å²) in [5, 5.41) is 0. The number of esters is 1. The molecule has 1 atom stereocenters. The second-order valence-electron chi connectivity index (χ2n) is 4.36. The topological polar surface area (TPSA) is 48.4 Å². The highest BCUT2D eigenvalue weighted by atomic mass is 16.5. The van der Waals surface area contributed by atoms with Crippen molar-refractivity contribution in [3.8, 4) is 5.75 Å². The number of nitrogens with zero attached hydrogens (tertiary/aromatic N) is 1. The van der Waals surface area contributed by atoms with Gasteiger partial charge in [-0.25, -0.2) is 0 Å². The van der Waals surface area contributed by atoms with Crippen LogP contribution in [0, 0.1) is 5.92 Å². The van der Waals surface area contributed by atoms with Gasteiger partial charge in [0.05, 0.1) is 25.3 Å². The van der Waals surface area contributed by atoms with Crippen molar-refractivity contribution >= 4 is 5.97 Å². The van der Waals surface area contributed by atoms with Crippen LogP contribution < -0.4 is 4.74 Å². The molecule has 4 heteroatoms. The van der Waals surface area contributed by atoms with E-state index in [2.05, 4.69) is 4.98 Å². The maximum absolute atomic E-state index is 12.0. The van der Waals surface area contributed by atoms with Crippen LogP contribution in [-0.4, -0.2) is 24.2 Å². The second kappa shape index (κ2) is 6.99. The Labute approximate surface area is 108 Å². The Morgan fingerprint density at radius 1 is 1.28 bits per heavy atom. The molecule has 0 N–H and O–H groups in total. The lowest BCUT2D eigenvalue weighted by molar-refractivity contribution is -0.146. The molecule has 0 aliphatic carbocycles. The Morgan fingerprint density at radius 3 is 2.56 bits per heavy atom. The van der Waals surface area contributed by atoms with Crippen molar-refractivity contribution in [1.29, 1.82) is 0 Å². The molecule has 0 saturated carbocycles. The van der Waals surface area contributed by atoms with E-state index in [1.807, 2.05) is 33.8 Å². The third-order valence-corrected chi connectivity index (χ3v) is 2.61. The summed E-state index contributed by atoms with van der Waals surface area (Å²) in [4.78, 5) is 16.1. The third-order valence-electron chi connectivity index (χ3n) is 2.61. The van der Waals surface area contributed by atoms with E-state index < -0.39 is 0 Å². The first-order valence-corrected chi connectivity index (χ1v) is 6.34. The maximum atomic E-state index is 12.0. The smallest absolute Gasteiger partial charge is 0.313 e. The molecule has 18 heavy (non-hydrogen) atoms. The van der Waals surface area contributed by atoms with Gasteiger partial charge in [0.2, 0.25) is 0 Å². The average Bonchev–Trinajstić information content (AvgIpc) is 2.30. The fourth-order valence-electron chi connectivity index (χ4n) is 1.88. The SMILES string of the molecule is CCOC(=O)C(c1cncc(OCC)c1)C(C)C. The fraction of sp³-hybridized carbons (Fsp3) is 0.571. The zero-order valence-electron chi connectivity index (χ0n) is 11.5. The van der Waals surface area contributed by atoms with Crippen LogP contribution in [0.4, 0.5) is 0 Å². The Balaban J connectivity index is 2.98. The standard InChI is InChI=1S/C14H21NO3/c1-5-17-12-7-11(8-15-9-12)13(10(3)4)14(16)18-6-2/h7-10,13H,5-6H2,1-4H3. The van der Waals surface area contributed by atoms with Gasteiger partial charge in [0, 0.05) is 6.20 Å². The lowest BCUT2D eigenvalue weighted by atomic mass is 9.89. The Morgan fingerprint density at radius 2 is 2.00 bits per heavy atom. The molecule has 0 spiro atoms. The van der Waals surface area contributed by atoms with Gasteiger partial charge in [-0.15, -0.1) is 0 Å². The van der Waals surface area contributed by atoms with Crippen molar-refractivity contribution in [2.45, 2.75) is 33.6 Å². The maximum Gasteiger partial charge on any atom is 0.313 e. The Hall–Kier alpha value is -1.58. The van der Waals surface area contributed by atoms with Crippen LogP contribution in [0.3, 0.4) is 0 Å². The predicted octanol–water partition coefficient (Wildman–Crippen LogP) is 2.78. The van der Waals surface area contributed by atoms with E-state index in [1.165, 1.54) is 0 Å². The molecule has 1 heterocycles. The lowest BCUT2D eigenvalue weighted by Gasteiger charge is -2.19. The number of hydrogen-bond acceptors (Lipinski definition) is 4. The van der Waals surface area contributed by atoms with Crippen molar-refractivity contribution in [1.82, 2.24) is 4.98 Å². The van der Waals surface area contributed by atoms with E-state index in [0.717, 1.165) is 5.56 Å². The van der Waals surface area contributed by atoms with Crippen LogP contribution in [0.1, 0.15) is 39.2 Å². The van der Waals surface area contributed by atoms with Crippen LogP contribution in [0.15, 0.2) is 18.5 Å². The van der Waals surface area contributed by atoms with Crippen LogP contribution in [0.2, 0.25) is 0 Å². The lowest BCUT2D eigenvalue weighted by Crippen LogP contribution is -2.21. The first-order chi connectivity index (χ1) is 8.60.